The normalized spacial score (nSPS) is 26.7. The Kier molecular flexibility index (Phi) is 2.91. The predicted octanol–water partition coefficient (Wildman–Crippen LogP) is 2.77. The van der Waals surface area contributed by atoms with E-state index in [4.69, 9.17) is 11.6 Å². The number of rotatable bonds is 1. The van der Waals surface area contributed by atoms with Gasteiger partial charge in [0.05, 0.1) is 10.4 Å². The van der Waals surface area contributed by atoms with Crippen molar-refractivity contribution in [3.8, 4) is 5.75 Å². The molecule has 2 N–H and O–H groups in total. The first-order valence-corrected chi connectivity index (χ1v) is 5.95. The molecule has 0 aromatic heterocycles. The highest BCUT2D eigenvalue weighted by atomic mass is 35.5. The molecule has 1 fully saturated rings. The Balaban J connectivity index is 2.20. The smallest absolute Gasteiger partial charge is 0.134 e. The van der Waals surface area contributed by atoms with Gasteiger partial charge in [-0.15, -0.1) is 11.8 Å². The maximum atomic E-state index is 9.28. The van der Waals surface area contributed by atoms with Gasteiger partial charge < -0.3 is 5.11 Å². The average Bonchev–Trinajstić information content (AvgIpc) is 2.57. The van der Waals surface area contributed by atoms with Gasteiger partial charge in [0.25, 0.3) is 0 Å². The summed E-state index contributed by atoms with van der Waals surface area (Å²) in [5, 5.41) is 13.4. The van der Waals surface area contributed by atoms with E-state index < -0.39 is 0 Å². The predicted molar refractivity (Wildman–Crippen MR) is 60.9 cm³/mol. The summed E-state index contributed by atoms with van der Waals surface area (Å²) in [6.07, 6.45) is 0. The fraction of sp³-hybridized carbons (Fsp3) is 0.400. The van der Waals surface area contributed by atoms with Crippen molar-refractivity contribution < 1.29 is 5.11 Å². The number of phenols is 1. The molecule has 1 aliphatic heterocycles. The van der Waals surface area contributed by atoms with Gasteiger partial charge >= 0.3 is 0 Å². The van der Waals surface area contributed by atoms with E-state index in [0.29, 0.717) is 16.4 Å². The summed E-state index contributed by atoms with van der Waals surface area (Å²) in [5.41, 5.74) is 1.13. The first-order valence-electron chi connectivity index (χ1n) is 4.53. The van der Waals surface area contributed by atoms with E-state index in [1.807, 2.05) is 23.9 Å². The molecular formula is C10H12ClNOS. The molecule has 0 bridgehead atoms. The molecule has 2 unspecified atom stereocenters. The quantitative estimate of drug-likeness (QED) is 0.777. The van der Waals surface area contributed by atoms with Crippen LogP contribution in [0.2, 0.25) is 5.02 Å². The third-order valence-corrected chi connectivity index (χ3v) is 3.96. The number of aromatic hydroxyl groups is 1. The van der Waals surface area contributed by atoms with E-state index in [-0.39, 0.29) is 5.75 Å². The molecule has 1 aromatic rings. The van der Waals surface area contributed by atoms with Crippen molar-refractivity contribution in [1.82, 2.24) is 5.32 Å². The molecule has 1 saturated heterocycles. The van der Waals surface area contributed by atoms with Gasteiger partial charge in [0.2, 0.25) is 0 Å². The van der Waals surface area contributed by atoms with Crippen molar-refractivity contribution in [1.29, 1.82) is 0 Å². The third kappa shape index (κ3) is 2.00. The Morgan fingerprint density at radius 1 is 1.57 bits per heavy atom. The van der Waals surface area contributed by atoms with Crippen molar-refractivity contribution in [2.45, 2.75) is 18.3 Å². The molecular weight excluding hydrogens is 218 g/mol. The van der Waals surface area contributed by atoms with Crippen LogP contribution in [-0.4, -0.2) is 16.9 Å². The SMILES string of the molecule is CC1CSC(c2ccc(O)c(Cl)c2)N1. The summed E-state index contributed by atoms with van der Waals surface area (Å²) in [4.78, 5) is 0. The number of nitrogens with one attached hydrogen (secondary N) is 1. The van der Waals surface area contributed by atoms with Gasteiger partial charge in [-0.3, -0.25) is 5.32 Å². The van der Waals surface area contributed by atoms with Crippen LogP contribution in [0.3, 0.4) is 0 Å². The van der Waals surface area contributed by atoms with E-state index in [2.05, 4.69) is 12.2 Å². The molecule has 0 radical (unpaired) electrons. The van der Waals surface area contributed by atoms with Crippen molar-refractivity contribution in [3.05, 3.63) is 28.8 Å². The second-order valence-corrected chi connectivity index (χ2v) is 5.04. The van der Waals surface area contributed by atoms with E-state index >= 15 is 0 Å². The van der Waals surface area contributed by atoms with Gasteiger partial charge in [-0.1, -0.05) is 17.7 Å². The minimum absolute atomic E-state index is 0.145. The van der Waals surface area contributed by atoms with Gasteiger partial charge in [0.1, 0.15) is 5.75 Å². The summed E-state index contributed by atoms with van der Waals surface area (Å²) in [7, 11) is 0. The van der Waals surface area contributed by atoms with Crippen LogP contribution in [0.15, 0.2) is 18.2 Å². The maximum absolute atomic E-state index is 9.28. The molecule has 2 rings (SSSR count). The molecule has 2 atom stereocenters. The monoisotopic (exact) mass is 229 g/mol. The van der Waals surface area contributed by atoms with E-state index in [0.717, 1.165) is 11.3 Å². The molecule has 1 aromatic carbocycles. The zero-order chi connectivity index (χ0) is 10.1. The minimum Gasteiger partial charge on any atom is -0.506 e. The van der Waals surface area contributed by atoms with E-state index in [1.54, 1.807) is 6.07 Å². The average molecular weight is 230 g/mol. The second-order valence-electron chi connectivity index (χ2n) is 3.49. The fourth-order valence-corrected chi connectivity index (χ4v) is 2.91. The van der Waals surface area contributed by atoms with Gasteiger partial charge in [0, 0.05) is 11.8 Å². The zero-order valence-electron chi connectivity index (χ0n) is 7.83. The van der Waals surface area contributed by atoms with Gasteiger partial charge in [-0.05, 0) is 24.6 Å². The molecule has 76 valence electrons. The van der Waals surface area contributed by atoms with Crippen LogP contribution in [-0.2, 0) is 0 Å². The Bertz CT molecular complexity index is 345. The Morgan fingerprint density at radius 3 is 2.93 bits per heavy atom. The van der Waals surface area contributed by atoms with Crippen LogP contribution >= 0.6 is 23.4 Å². The van der Waals surface area contributed by atoms with Crippen LogP contribution in [0.1, 0.15) is 17.9 Å². The lowest BCUT2D eigenvalue weighted by Crippen LogP contribution is -2.21. The first kappa shape index (κ1) is 10.1. The minimum atomic E-state index is 0.145. The highest BCUT2D eigenvalue weighted by Crippen LogP contribution is 2.35. The highest BCUT2D eigenvalue weighted by molar-refractivity contribution is 7.99. The largest absolute Gasteiger partial charge is 0.506 e. The summed E-state index contributed by atoms with van der Waals surface area (Å²) in [6, 6.07) is 5.91. The lowest BCUT2D eigenvalue weighted by molar-refractivity contribution is 0.475. The number of benzene rings is 1. The standard InChI is InChI=1S/C10H12ClNOS/c1-6-5-14-10(12-6)7-2-3-9(13)8(11)4-7/h2-4,6,10,12-13H,5H2,1H3. The Morgan fingerprint density at radius 2 is 2.36 bits per heavy atom. The molecule has 0 saturated carbocycles. The molecule has 0 spiro atoms. The van der Waals surface area contributed by atoms with E-state index in [9.17, 15) is 5.11 Å². The number of halogens is 1. The van der Waals surface area contributed by atoms with Crippen molar-refractivity contribution in [3.63, 3.8) is 0 Å². The van der Waals surface area contributed by atoms with Crippen LogP contribution in [0.5, 0.6) is 5.75 Å². The molecule has 0 aliphatic carbocycles. The third-order valence-electron chi connectivity index (χ3n) is 2.22. The maximum Gasteiger partial charge on any atom is 0.134 e. The molecule has 0 amide bonds. The fourth-order valence-electron chi connectivity index (χ4n) is 1.47. The van der Waals surface area contributed by atoms with Crippen molar-refractivity contribution >= 4 is 23.4 Å². The number of hydrogen-bond donors (Lipinski definition) is 2. The second kappa shape index (κ2) is 4.01. The Hall–Kier alpha value is -0.380. The Labute approximate surface area is 92.7 Å². The van der Waals surface area contributed by atoms with Gasteiger partial charge in [0.15, 0.2) is 0 Å². The van der Waals surface area contributed by atoms with Crippen molar-refractivity contribution in [2.24, 2.45) is 0 Å². The first-order chi connectivity index (χ1) is 6.66. The number of hydrogen-bond acceptors (Lipinski definition) is 3. The molecule has 14 heavy (non-hydrogen) atoms. The van der Waals surface area contributed by atoms with E-state index in [1.165, 1.54) is 0 Å². The van der Waals surface area contributed by atoms with Crippen LogP contribution in [0, 0.1) is 0 Å². The summed E-state index contributed by atoms with van der Waals surface area (Å²) in [5.74, 6) is 1.26. The zero-order valence-corrected chi connectivity index (χ0v) is 9.40. The van der Waals surface area contributed by atoms with Crippen LogP contribution in [0.25, 0.3) is 0 Å². The molecule has 2 nitrogen and oxygen atoms in total. The van der Waals surface area contributed by atoms with Gasteiger partial charge in [-0.25, -0.2) is 0 Å². The van der Waals surface area contributed by atoms with Crippen LogP contribution < -0.4 is 5.32 Å². The topological polar surface area (TPSA) is 32.3 Å². The molecule has 1 aliphatic rings. The van der Waals surface area contributed by atoms with Crippen molar-refractivity contribution in [2.75, 3.05) is 5.75 Å². The number of thioether (sulfide) groups is 1. The summed E-state index contributed by atoms with van der Waals surface area (Å²) < 4.78 is 0. The van der Waals surface area contributed by atoms with Crippen LogP contribution in [0.4, 0.5) is 0 Å². The highest BCUT2D eigenvalue weighted by Gasteiger charge is 2.22. The number of phenolic OH excluding ortho intramolecular Hbond substituents is 1. The lowest BCUT2D eigenvalue weighted by Gasteiger charge is -2.11. The van der Waals surface area contributed by atoms with Gasteiger partial charge in [-0.2, -0.15) is 0 Å². The molecule has 4 heteroatoms. The molecule has 1 heterocycles. The summed E-state index contributed by atoms with van der Waals surface area (Å²) in [6.45, 7) is 2.16. The summed E-state index contributed by atoms with van der Waals surface area (Å²) >= 11 is 7.71. The lowest BCUT2D eigenvalue weighted by atomic mass is 10.2.